The number of amides is 1. The molecular weight excluding hydrogens is 160 g/mol. The van der Waals surface area contributed by atoms with Crippen molar-refractivity contribution in [3.05, 3.63) is 30.1 Å². The van der Waals surface area contributed by atoms with Crippen LogP contribution in [-0.4, -0.2) is 16.4 Å². The first-order chi connectivity index (χ1) is 5.30. The van der Waals surface area contributed by atoms with E-state index in [4.69, 9.17) is 5.73 Å². The van der Waals surface area contributed by atoms with Gasteiger partial charge in [-0.05, 0) is 12.1 Å². The number of pyridine rings is 1. The molecule has 12 heavy (non-hydrogen) atoms. The number of aromatic nitrogens is 1. The fourth-order valence-corrected chi connectivity index (χ4v) is 0.516. The van der Waals surface area contributed by atoms with Crippen molar-refractivity contribution in [3.63, 3.8) is 0 Å². The Kier molecular flexibility index (Phi) is 8.31. The summed E-state index contributed by atoms with van der Waals surface area (Å²) < 4.78 is 0. The third-order valence-corrected chi connectivity index (χ3v) is 0.965. The molecule has 0 aliphatic rings. The van der Waals surface area contributed by atoms with Crippen molar-refractivity contribution in [1.29, 1.82) is 0 Å². The zero-order valence-corrected chi connectivity index (χ0v) is 6.40. The molecule has 1 amide bonds. The van der Waals surface area contributed by atoms with Crippen molar-refractivity contribution in [2.75, 3.05) is 0 Å². The minimum Gasteiger partial charge on any atom is -0.412 e. The largest absolute Gasteiger partial charge is 0.412 e. The Labute approximate surface area is 69.7 Å². The quantitative estimate of drug-likeness (QED) is 0.338. The number of hydrogen-bond acceptors (Lipinski definition) is 4. The lowest BCUT2D eigenvalue weighted by Gasteiger charge is -1.88. The van der Waals surface area contributed by atoms with Crippen LogP contribution in [0.4, 0.5) is 0 Å². The van der Waals surface area contributed by atoms with Gasteiger partial charge in [-0.3, -0.25) is 21.5 Å². The van der Waals surface area contributed by atoms with Gasteiger partial charge in [0.05, 0.1) is 0 Å². The normalized spacial score (nSPS) is 7.17. The second-order valence-corrected chi connectivity index (χ2v) is 1.60. The van der Waals surface area contributed by atoms with E-state index in [1.807, 2.05) is 0 Å². The molecule has 0 aliphatic carbocycles. The molecule has 6 heteroatoms. The summed E-state index contributed by atoms with van der Waals surface area (Å²) in [6.07, 6.45) is 3.06. The first-order valence-corrected chi connectivity index (χ1v) is 2.84. The van der Waals surface area contributed by atoms with E-state index in [1.165, 1.54) is 12.4 Å². The first kappa shape index (κ1) is 13.1. The Morgan fingerprint density at radius 1 is 1.25 bits per heavy atom. The van der Waals surface area contributed by atoms with Crippen LogP contribution >= 0.6 is 0 Å². The van der Waals surface area contributed by atoms with Crippen molar-refractivity contribution < 1.29 is 10.3 Å². The molecule has 0 aromatic carbocycles. The van der Waals surface area contributed by atoms with Crippen molar-refractivity contribution in [2.45, 2.75) is 0 Å². The van der Waals surface area contributed by atoms with Gasteiger partial charge in [-0.15, -0.1) is 0 Å². The van der Waals surface area contributed by atoms with Crippen LogP contribution < -0.4 is 17.4 Å². The highest BCUT2D eigenvalue weighted by atomic mass is 16.1. The summed E-state index contributed by atoms with van der Waals surface area (Å²) in [6, 6.07) is 3.14. The average Bonchev–Trinajstić information content (AvgIpc) is 2.10. The molecule has 0 saturated heterocycles. The Bertz CT molecular complexity index is 214. The van der Waals surface area contributed by atoms with Gasteiger partial charge in [0.1, 0.15) is 0 Å². The molecule has 0 aliphatic heterocycles. The van der Waals surface area contributed by atoms with E-state index < -0.39 is 5.91 Å². The third kappa shape index (κ3) is 4.34. The van der Waals surface area contributed by atoms with Crippen molar-refractivity contribution in [3.8, 4) is 0 Å². The molecule has 0 fully saturated rings. The van der Waals surface area contributed by atoms with Crippen LogP contribution in [0.1, 0.15) is 10.4 Å². The van der Waals surface area contributed by atoms with Gasteiger partial charge in [-0.2, -0.15) is 0 Å². The van der Waals surface area contributed by atoms with Crippen LogP contribution in [0.5, 0.6) is 0 Å². The first-order valence-electron chi connectivity index (χ1n) is 2.84. The van der Waals surface area contributed by atoms with Gasteiger partial charge in [0, 0.05) is 18.0 Å². The molecule has 1 heterocycles. The third-order valence-electron chi connectivity index (χ3n) is 0.965. The highest BCUT2D eigenvalue weighted by Crippen LogP contribution is 1.91. The number of rotatable bonds is 1. The van der Waals surface area contributed by atoms with Crippen LogP contribution in [0.3, 0.4) is 0 Å². The molecule has 1 rings (SSSR count). The number of nitrogens with two attached hydrogens (primary N) is 3. The maximum atomic E-state index is 10.4. The van der Waals surface area contributed by atoms with E-state index in [0.29, 0.717) is 5.56 Å². The molecule has 8 N–H and O–H groups in total. The molecule has 0 bridgehead atoms. The standard InChI is InChI=1S/C6H6N2O.H4N2.H2O/c7-6(9)5-1-3-8-4-2-5;1-2;/h1-4H,(H2,7,9);1-2H2;1H2. The van der Waals surface area contributed by atoms with E-state index in [9.17, 15) is 4.79 Å². The summed E-state index contributed by atoms with van der Waals surface area (Å²) >= 11 is 0. The summed E-state index contributed by atoms with van der Waals surface area (Å²) in [5.74, 6) is 7.58. The second kappa shape index (κ2) is 7.61. The van der Waals surface area contributed by atoms with E-state index in [-0.39, 0.29) is 5.48 Å². The molecule has 0 radical (unpaired) electrons. The van der Waals surface area contributed by atoms with Gasteiger partial charge < -0.3 is 11.2 Å². The van der Waals surface area contributed by atoms with Crippen molar-refractivity contribution in [1.82, 2.24) is 4.98 Å². The lowest BCUT2D eigenvalue weighted by atomic mass is 10.3. The Hall–Kier alpha value is -1.50. The minimum atomic E-state index is -0.419. The van der Waals surface area contributed by atoms with Gasteiger partial charge in [0.25, 0.3) is 0 Å². The summed E-state index contributed by atoms with van der Waals surface area (Å²) in [4.78, 5) is 14.1. The van der Waals surface area contributed by atoms with Crippen LogP contribution in [0.2, 0.25) is 0 Å². The highest BCUT2D eigenvalue weighted by Gasteiger charge is 1.94. The van der Waals surface area contributed by atoms with Crippen molar-refractivity contribution in [2.24, 2.45) is 17.4 Å². The number of hydrazine groups is 1. The predicted octanol–water partition coefficient (Wildman–Crippen LogP) is -1.83. The second-order valence-electron chi connectivity index (χ2n) is 1.60. The lowest BCUT2D eigenvalue weighted by Crippen LogP contribution is -2.10. The number of carbonyl (C=O) groups is 1. The maximum absolute atomic E-state index is 10.4. The van der Waals surface area contributed by atoms with Gasteiger partial charge in [-0.1, -0.05) is 0 Å². The van der Waals surface area contributed by atoms with E-state index in [1.54, 1.807) is 12.1 Å². The monoisotopic (exact) mass is 172 g/mol. The maximum Gasteiger partial charge on any atom is 0.248 e. The average molecular weight is 172 g/mol. The molecule has 68 valence electrons. The summed E-state index contributed by atoms with van der Waals surface area (Å²) in [7, 11) is 0. The molecule has 0 saturated carbocycles. The Morgan fingerprint density at radius 3 is 1.92 bits per heavy atom. The molecule has 6 nitrogen and oxygen atoms in total. The number of hydrogen-bond donors (Lipinski definition) is 3. The number of nitrogens with zero attached hydrogens (tertiary/aromatic N) is 1. The summed E-state index contributed by atoms with van der Waals surface area (Å²) in [5, 5.41) is 0. The van der Waals surface area contributed by atoms with Crippen LogP contribution in [-0.2, 0) is 0 Å². The zero-order chi connectivity index (χ0) is 8.69. The lowest BCUT2D eigenvalue weighted by molar-refractivity contribution is 0.1000. The molecular formula is C6H12N4O2. The SMILES string of the molecule is NC(=O)c1ccncc1.NN.O. The van der Waals surface area contributed by atoms with E-state index >= 15 is 0 Å². The number of primary amides is 1. The van der Waals surface area contributed by atoms with Gasteiger partial charge in [0.2, 0.25) is 5.91 Å². The fourth-order valence-electron chi connectivity index (χ4n) is 0.516. The van der Waals surface area contributed by atoms with Gasteiger partial charge in [-0.25, -0.2) is 0 Å². The summed E-state index contributed by atoms with van der Waals surface area (Å²) in [6.45, 7) is 0. The molecule has 0 spiro atoms. The van der Waals surface area contributed by atoms with Gasteiger partial charge in [0.15, 0.2) is 0 Å². The van der Waals surface area contributed by atoms with Crippen LogP contribution in [0, 0.1) is 0 Å². The Balaban J connectivity index is 0. The number of carbonyl (C=O) groups excluding carboxylic acids is 1. The smallest absolute Gasteiger partial charge is 0.248 e. The van der Waals surface area contributed by atoms with Crippen LogP contribution in [0.25, 0.3) is 0 Å². The van der Waals surface area contributed by atoms with Crippen LogP contribution in [0.15, 0.2) is 24.5 Å². The minimum absolute atomic E-state index is 0. The van der Waals surface area contributed by atoms with Crippen molar-refractivity contribution >= 4 is 5.91 Å². The topological polar surface area (TPSA) is 140 Å². The molecule has 0 unspecified atom stereocenters. The van der Waals surface area contributed by atoms with E-state index in [0.717, 1.165) is 0 Å². The Morgan fingerprint density at radius 2 is 1.67 bits per heavy atom. The summed E-state index contributed by atoms with van der Waals surface area (Å²) in [5.41, 5.74) is 5.44. The molecule has 0 atom stereocenters. The molecule has 1 aromatic heterocycles. The highest BCUT2D eigenvalue weighted by molar-refractivity contribution is 5.92. The fraction of sp³-hybridized carbons (Fsp3) is 0. The van der Waals surface area contributed by atoms with E-state index in [2.05, 4.69) is 16.7 Å². The molecule has 1 aromatic rings. The zero-order valence-electron chi connectivity index (χ0n) is 6.40. The van der Waals surface area contributed by atoms with Gasteiger partial charge >= 0.3 is 0 Å². The predicted molar refractivity (Wildman–Crippen MR) is 44.7 cm³/mol.